The van der Waals surface area contributed by atoms with Crippen LogP contribution in [-0.2, 0) is 0 Å². The Labute approximate surface area is 119 Å². The molecule has 0 aromatic heterocycles. The molecule has 108 valence electrons. The monoisotopic (exact) mass is 289 g/mol. The molecule has 0 saturated carbocycles. The number of nitrogens with two attached hydrogens (primary N) is 1. The second kappa shape index (κ2) is 5.58. The number of nitro groups is 1. The van der Waals surface area contributed by atoms with E-state index in [2.05, 4.69) is 0 Å². The molecule has 2 aromatic carbocycles. The summed E-state index contributed by atoms with van der Waals surface area (Å²) in [6.45, 7) is 1.71. The maximum atomic E-state index is 13.7. The van der Waals surface area contributed by atoms with E-state index in [0.717, 1.165) is 6.07 Å². The molecule has 0 atom stereocenters. The van der Waals surface area contributed by atoms with Gasteiger partial charge in [0.15, 0.2) is 0 Å². The SMILES string of the molecule is Cc1ccc(Oc2cccc(F)c2C(=N)N)c([N+](=O)[O-])c1. The van der Waals surface area contributed by atoms with Crippen LogP contribution in [0.3, 0.4) is 0 Å². The molecular formula is C14H12FN3O3. The Morgan fingerprint density at radius 2 is 2.05 bits per heavy atom. The largest absolute Gasteiger partial charge is 0.449 e. The molecule has 2 rings (SSSR count). The molecule has 0 spiro atoms. The molecule has 0 radical (unpaired) electrons. The fourth-order valence-corrected chi connectivity index (χ4v) is 1.83. The highest BCUT2D eigenvalue weighted by atomic mass is 19.1. The number of nitrogen functional groups attached to an aromatic ring is 1. The molecule has 0 heterocycles. The van der Waals surface area contributed by atoms with E-state index < -0.39 is 16.6 Å². The quantitative estimate of drug-likeness (QED) is 0.390. The van der Waals surface area contributed by atoms with Crippen LogP contribution in [0.15, 0.2) is 36.4 Å². The van der Waals surface area contributed by atoms with Gasteiger partial charge in [-0.3, -0.25) is 15.5 Å². The van der Waals surface area contributed by atoms with Gasteiger partial charge in [0.2, 0.25) is 5.75 Å². The molecule has 0 fully saturated rings. The lowest BCUT2D eigenvalue weighted by Gasteiger charge is -2.11. The van der Waals surface area contributed by atoms with Crippen molar-refractivity contribution in [1.29, 1.82) is 5.41 Å². The molecule has 7 heteroatoms. The van der Waals surface area contributed by atoms with E-state index in [-0.39, 0.29) is 22.7 Å². The number of benzene rings is 2. The van der Waals surface area contributed by atoms with Crippen LogP contribution >= 0.6 is 0 Å². The number of ether oxygens (including phenoxy) is 1. The summed E-state index contributed by atoms with van der Waals surface area (Å²) in [5.41, 5.74) is 5.54. The molecule has 0 unspecified atom stereocenters. The number of aryl methyl sites for hydroxylation is 1. The third kappa shape index (κ3) is 2.97. The average Bonchev–Trinajstić information content (AvgIpc) is 2.40. The minimum Gasteiger partial charge on any atom is -0.449 e. The van der Waals surface area contributed by atoms with Gasteiger partial charge in [0, 0.05) is 6.07 Å². The first-order chi connectivity index (χ1) is 9.90. The fourth-order valence-electron chi connectivity index (χ4n) is 1.83. The minimum absolute atomic E-state index is 0.0429. The van der Waals surface area contributed by atoms with Crippen molar-refractivity contribution in [3.05, 3.63) is 63.5 Å². The number of hydrogen-bond acceptors (Lipinski definition) is 4. The molecule has 6 nitrogen and oxygen atoms in total. The maximum absolute atomic E-state index is 13.7. The van der Waals surface area contributed by atoms with Crippen LogP contribution in [0.4, 0.5) is 10.1 Å². The highest BCUT2D eigenvalue weighted by Crippen LogP contribution is 2.34. The fraction of sp³-hybridized carbons (Fsp3) is 0.0714. The van der Waals surface area contributed by atoms with Crippen molar-refractivity contribution in [1.82, 2.24) is 0 Å². The molecule has 0 aliphatic rings. The van der Waals surface area contributed by atoms with Gasteiger partial charge in [-0.2, -0.15) is 0 Å². The summed E-state index contributed by atoms with van der Waals surface area (Å²) in [6, 6.07) is 8.30. The van der Waals surface area contributed by atoms with Crippen LogP contribution in [0.25, 0.3) is 0 Å². The Bertz CT molecular complexity index is 731. The van der Waals surface area contributed by atoms with Crippen molar-refractivity contribution >= 4 is 11.5 Å². The lowest BCUT2D eigenvalue weighted by atomic mass is 10.1. The van der Waals surface area contributed by atoms with Gasteiger partial charge < -0.3 is 10.5 Å². The molecule has 2 aromatic rings. The van der Waals surface area contributed by atoms with Gasteiger partial charge in [0.05, 0.1) is 10.5 Å². The van der Waals surface area contributed by atoms with E-state index in [0.29, 0.717) is 5.56 Å². The van der Waals surface area contributed by atoms with Crippen molar-refractivity contribution in [3.8, 4) is 11.5 Å². The number of rotatable bonds is 4. The second-order valence-electron chi connectivity index (χ2n) is 4.36. The van der Waals surface area contributed by atoms with Crippen LogP contribution in [0.5, 0.6) is 11.5 Å². The van der Waals surface area contributed by atoms with Gasteiger partial charge >= 0.3 is 5.69 Å². The van der Waals surface area contributed by atoms with Crippen LogP contribution in [-0.4, -0.2) is 10.8 Å². The first-order valence-electron chi connectivity index (χ1n) is 5.96. The first kappa shape index (κ1) is 14.4. The van der Waals surface area contributed by atoms with Crippen LogP contribution in [0.2, 0.25) is 0 Å². The molecule has 0 amide bonds. The summed E-state index contributed by atoms with van der Waals surface area (Å²) in [6.07, 6.45) is 0. The summed E-state index contributed by atoms with van der Waals surface area (Å²) >= 11 is 0. The molecular weight excluding hydrogens is 277 g/mol. The highest BCUT2D eigenvalue weighted by Gasteiger charge is 2.19. The van der Waals surface area contributed by atoms with Gasteiger partial charge in [-0.1, -0.05) is 12.1 Å². The van der Waals surface area contributed by atoms with E-state index in [1.54, 1.807) is 13.0 Å². The zero-order valence-electron chi connectivity index (χ0n) is 11.1. The molecule has 21 heavy (non-hydrogen) atoms. The summed E-state index contributed by atoms with van der Waals surface area (Å²) in [4.78, 5) is 10.4. The standard InChI is InChI=1S/C14H12FN3O3/c1-8-5-6-11(10(7-8)18(19)20)21-12-4-2-3-9(15)13(12)14(16)17/h2-7H,1H3,(H3,16,17). The minimum atomic E-state index is -0.727. The van der Waals surface area contributed by atoms with E-state index in [4.69, 9.17) is 15.9 Å². The van der Waals surface area contributed by atoms with Crippen molar-refractivity contribution in [2.45, 2.75) is 6.92 Å². The molecule has 0 saturated heterocycles. The third-order valence-electron chi connectivity index (χ3n) is 2.78. The van der Waals surface area contributed by atoms with E-state index in [1.165, 1.54) is 24.3 Å². The highest BCUT2D eigenvalue weighted by molar-refractivity contribution is 5.98. The van der Waals surface area contributed by atoms with Crippen molar-refractivity contribution in [3.63, 3.8) is 0 Å². The Morgan fingerprint density at radius 1 is 1.33 bits per heavy atom. The van der Waals surface area contributed by atoms with Gasteiger partial charge in [-0.15, -0.1) is 0 Å². The molecule has 0 aliphatic carbocycles. The number of nitrogens with zero attached hydrogens (tertiary/aromatic N) is 1. The first-order valence-corrected chi connectivity index (χ1v) is 5.96. The topological polar surface area (TPSA) is 102 Å². The smallest absolute Gasteiger partial charge is 0.311 e. The van der Waals surface area contributed by atoms with Crippen LogP contribution < -0.4 is 10.5 Å². The third-order valence-corrected chi connectivity index (χ3v) is 2.78. The normalized spacial score (nSPS) is 10.2. The second-order valence-corrected chi connectivity index (χ2v) is 4.36. The summed E-state index contributed by atoms with van der Waals surface area (Å²) in [7, 11) is 0. The van der Waals surface area contributed by atoms with Crippen molar-refractivity contribution in [2.75, 3.05) is 0 Å². The zero-order valence-corrected chi connectivity index (χ0v) is 11.1. The van der Waals surface area contributed by atoms with E-state index in [9.17, 15) is 14.5 Å². The number of halogens is 1. The Hall–Kier alpha value is -2.96. The summed E-state index contributed by atoms with van der Waals surface area (Å²) in [5, 5.41) is 18.4. The summed E-state index contributed by atoms with van der Waals surface area (Å²) < 4.78 is 19.1. The number of nitro benzene ring substituents is 1. The summed E-state index contributed by atoms with van der Waals surface area (Å²) in [5.74, 6) is -1.33. The van der Waals surface area contributed by atoms with Crippen LogP contribution in [0, 0.1) is 28.3 Å². The number of nitrogens with one attached hydrogen (secondary N) is 1. The maximum Gasteiger partial charge on any atom is 0.311 e. The zero-order chi connectivity index (χ0) is 15.6. The van der Waals surface area contributed by atoms with E-state index in [1.807, 2.05) is 0 Å². The number of hydrogen-bond donors (Lipinski definition) is 2. The Morgan fingerprint density at radius 3 is 2.67 bits per heavy atom. The Kier molecular flexibility index (Phi) is 3.84. The lowest BCUT2D eigenvalue weighted by Crippen LogP contribution is -2.14. The predicted molar refractivity (Wildman–Crippen MR) is 75.3 cm³/mol. The average molecular weight is 289 g/mol. The van der Waals surface area contributed by atoms with Crippen molar-refractivity contribution < 1.29 is 14.1 Å². The predicted octanol–water partition coefficient (Wildman–Crippen LogP) is 3.12. The lowest BCUT2D eigenvalue weighted by molar-refractivity contribution is -0.385. The van der Waals surface area contributed by atoms with Gasteiger partial charge in [-0.25, -0.2) is 4.39 Å². The van der Waals surface area contributed by atoms with Gasteiger partial charge in [-0.05, 0) is 30.7 Å². The molecule has 0 bridgehead atoms. The number of amidine groups is 1. The van der Waals surface area contributed by atoms with Crippen molar-refractivity contribution in [2.24, 2.45) is 5.73 Å². The van der Waals surface area contributed by atoms with Gasteiger partial charge in [0.25, 0.3) is 0 Å². The Balaban J connectivity index is 2.51. The molecule has 3 N–H and O–H groups in total. The van der Waals surface area contributed by atoms with Gasteiger partial charge in [0.1, 0.15) is 17.4 Å². The van der Waals surface area contributed by atoms with E-state index >= 15 is 0 Å². The van der Waals surface area contributed by atoms with Crippen LogP contribution in [0.1, 0.15) is 11.1 Å². The molecule has 0 aliphatic heterocycles.